The Morgan fingerprint density at radius 3 is 2.68 bits per heavy atom. The van der Waals surface area contributed by atoms with Gasteiger partial charge in [-0.2, -0.15) is 0 Å². The summed E-state index contributed by atoms with van der Waals surface area (Å²) in [5.74, 6) is 1.98. The first-order chi connectivity index (χ1) is 12.0. The number of methoxy groups -OCH3 is 1. The van der Waals surface area contributed by atoms with Gasteiger partial charge in [0.25, 0.3) is 0 Å². The smallest absolute Gasteiger partial charge is 0.225 e. The molecule has 0 unspecified atom stereocenters. The number of rotatable bonds is 8. The summed E-state index contributed by atoms with van der Waals surface area (Å²) in [6.45, 7) is 8.28. The monoisotopic (exact) mass is 346 g/mol. The Morgan fingerprint density at radius 1 is 1.32 bits per heavy atom. The molecule has 0 aliphatic carbocycles. The van der Waals surface area contributed by atoms with E-state index >= 15 is 0 Å². The first-order valence-corrected chi connectivity index (χ1v) is 8.48. The first kappa shape index (κ1) is 18.8. The van der Waals surface area contributed by atoms with E-state index in [1.165, 1.54) is 0 Å². The number of carbonyl (C=O) groups excluding carboxylic acids is 1. The maximum absolute atomic E-state index is 12.3. The number of amides is 1. The van der Waals surface area contributed by atoms with Crippen LogP contribution in [0.15, 0.2) is 22.7 Å². The summed E-state index contributed by atoms with van der Waals surface area (Å²) in [6, 6.07) is 5.56. The van der Waals surface area contributed by atoms with Gasteiger partial charge < -0.3 is 19.3 Å². The summed E-state index contributed by atoms with van der Waals surface area (Å²) in [5.41, 5.74) is 2.54. The van der Waals surface area contributed by atoms with E-state index in [9.17, 15) is 4.79 Å². The van der Waals surface area contributed by atoms with E-state index in [4.69, 9.17) is 14.0 Å². The van der Waals surface area contributed by atoms with Gasteiger partial charge >= 0.3 is 0 Å². The molecular weight excluding hydrogens is 320 g/mol. The normalized spacial score (nSPS) is 11.9. The molecule has 136 valence electrons. The Balaban J connectivity index is 2.04. The van der Waals surface area contributed by atoms with Crippen LogP contribution < -0.4 is 14.8 Å². The minimum Gasteiger partial charge on any atom is -0.493 e. The fraction of sp³-hybridized carbons (Fsp3) is 0.474. The molecule has 1 heterocycles. The number of nitrogens with one attached hydrogen (secondary N) is 1. The molecule has 1 atom stereocenters. The number of ether oxygens (including phenoxy) is 2. The maximum atomic E-state index is 12.3. The van der Waals surface area contributed by atoms with Gasteiger partial charge in [0, 0.05) is 5.56 Å². The third kappa shape index (κ3) is 4.75. The molecule has 0 radical (unpaired) electrons. The molecule has 0 saturated carbocycles. The molecule has 2 aromatic rings. The van der Waals surface area contributed by atoms with E-state index in [1.807, 2.05) is 39.0 Å². The lowest BCUT2D eigenvalue weighted by molar-refractivity contribution is -0.121. The maximum Gasteiger partial charge on any atom is 0.225 e. The summed E-state index contributed by atoms with van der Waals surface area (Å²) < 4.78 is 16.2. The highest BCUT2D eigenvalue weighted by molar-refractivity contribution is 5.79. The van der Waals surface area contributed by atoms with E-state index < -0.39 is 0 Å². The van der Waals surface area contributed by atoms with Crippen molar-refractivity contribution >= 4 is 5.91 Å². The second kappa shape index (κ2) is 8.55. The van der Waals surface area contributed by atoms with Gasteiger partial charge in [-0.15, -0.1) is 0 Å². The second-order valence-electron chi connectivity index (χ2n) is 6.03. The summed E-state index contributed by atoms with van der Waals surface area (Å²) in [5, 5.41) is 6.88. The number of hydrogen-bond acceptors (Lipinski definition) is 5. The van der Waals surface area contributed by atoms with Gasteiger partial charge in [0.1, 0.15) is 5.76 Å². The molecule has 6 heteroatoms. The standard InChI is InChI=1S/C19H26N2O4/c1-6-9-24-17-8-7-15(10-18(17)23-5)12(2)20-19(22)11-16-13(3)21-25-14(16)4/h7-8,10,12H,6,9,11H2,1-5H3,(H,20,22)/t12-/m1/s1. The van der Waals surface area contributed by atoms with Crippen molar-refractivity contribution in [3.63, 3.8) is 0 Å². The van der Waals surface area contributed by atoms with Gasteiger partial charge in [0.15, 0.2) is 11.5 Å². The van der Waals surface area contributed by atoms with Crippen molar-refractivity contribution in [2.45, 2.75) is 46.6 Å². The molecular formula is C19H26N2O4. The molecule has 1 amide bonds. The minimum absolute atomic E-state index is 0.0767. The van der Waals surface area contributed by atoms with Gasteiger partial charge in [-0.25, -0.2) is 0 Å². The Kier molecular flexibility index (Phi) is 6.44. The SMILES string of the molecule is CCCOc1ccc([C@@H](C)NC(=O)Cc2c(C)noc2C)cc1OC. The highest BCUT2D eigenvalue weighted by Gasteiger charge is 2.17. The van der Waals surface area contributed by atoms with Crippen LogP contribution >= 0.6 is 0 Å². The van der Waals surface area contributed by atoms with Gasteiger partial charge in [0.2, 0.25) is 5.91 Å². The number of carbonyl (C=O) groups is 1. The number of benzene rings is 1. The van der Waals surface area contributed by atoms with Crippen molar-refractivity contribution < 1.29 is 18.8 Å². The molecule has 2 rings (SSSR count). The van der Waals surface area contributed by atoms with Crippen molar-refractivity contribution in [2.24, 2.45) is 0 Å². The van der Waals surface area contributed by atoms with E-state index in [0.29, 0.717) is 23.9 Å². The van der Waals surface area contributed by atoms with Crippen LogP contribution in [-0.2, 0) is 11.2 Å². The van der Waals surface area contributed by atoms with E-state index in [2.05, 4.69) is 17.4 Å². The van der Waals surface area contributed by atoms with Crippen LogP contribution in [-0.4, -0.2) is 24.8 Å². The molecule has 0 spiro atoms. The van der Waals surface area contributed by atoms with E-state index in [-0.39, 0.29) is 18.4 Å². The molecule has 1 aromatic heterocycles. The van der Waals surface area contributed by atoms with Gasteiger partial charge in [0.05, 0.1) is 31.9 Å². The lowest BCUT2D eigenvalue weighted by Crippen LogP contribution is -2.28. The van der Waals surface area contributed by atoms with Crippen molar-refractivity contribution in [3.8, 4) is 11.5 Å². The average molecular weight is 346 g/mol. The summed E-state index contributed by atoms with van der Waals surface area (Å²) in [4.78, 5) is 12.3. The van der Waals surface area contributed by atoms with Crippen molar-refractivity contribution in [1.82, 2.24) is 10.5 Å². The molecule has 1 N–H and O–H groups in total. The third-order valence-electron chi connectivity index (χ3n) is 4.05. The van der Waals surface area contributed by atoms with Gasteiger partial charge in [-0.05, 0) is 44.9 Å². The summed E-state index contributed by atoms with van der Waals surface area (Å²) >= 11 is 0. The number of hydrogen-bond donors (Lipinski definition) is 1. The predicted molar refractivity (Wildman–Crippen MR) is 95.0 cm³/mol. The number of aromatic nitrogens is 1. The summed E-state index contributed by atoms with van der Waals surface area (Å²) in [7, 11) is 1.61. The molecule has 0 saturated heterocycles. The van der Waals surface area contributed by atoms with Crippen molar-refractivity contribution in [2.75, 3.05) is 13.7 Å². The van der Waals surface area contributed by atoms with Crippen LogP contribution in [0.5, 0.6) is 11.5 Å². The van der Waals surface area contributed by atoms with Crippen LogP contribution in [0.25, 0.3) is 0 Å². The van der Waals surface area contributed by atoms with Crippen LogP contribution in [0.2, 0.25) is 0 Å². The Labute approximate surface area is 148 Å². The Morgan fingerprint density at radius 2 is 2.08 bits per heavy atom. The van der Waals surface area contributed by atoms with Crippen LogP contribution in [0.4, 0.5) is 0 Å². The lowest BCUT2D eigenvalue weighted by Gasteiger charge is -2.17. The third-order valence-corrected chi connectivity index (χ3v) is 4.05. The molecule has 1 aromatic carbocycles. The topological polar surface area (TPSA) is 73.6 Å². The zero-order chi connectivity index (χ0) is 18.4. The zero-order valence-electron chi connectivity index (χ0n) is 15.5. The Hall–Kier alpha value is -2.50. The number of nitrogens with zero attached hydrogens (tertiary/aromatic N) is 1. The first-order valence-electron chi connectivity index (χ1n) is 8.48. The Bertz CT molecular complexity index is 705. The molecule has 6 nitrogen and oxygen atoms in total. The molecule has 0 bridgehead atoms. The van der Waals surface area contributed by atoms with E-state index in [0.717, 1.165) is 23.2 Å². The second-order valence-corrected chi connectivity index (χ2v) is 6.03. The lowest BCUT2D eigenvalue weighted by atomic mass is 10.1. The largest absolute Gasteiger partial charge is 0.493 e. The quantitative estimate of drug-likeness (QED) is 0.792. The van der Waals surface area contributed by atoms with Gasteiger partial charge in [-0.3, -0.25) is 4.79 Å². The summed E-state index contributed by atoms with van der Waals surface area (Å²) in [6.07, 6.45) is 1.18. The van der Waals surface area contributed by atoms with E-state index in [1.54, 1.807) is 7.11 Å². The average Bonchev–Trinajstić information content (AvgIpc) is 2.91. The fourth-order valence-electron chi connectivity index (χ4n) is 2.58. The minimum atomic E-state index is -0.151. The molecule has 0 aliphatic heterocycles. The predicted octanol–water partition coefficient (Wildman–Crippen LogP) is 3.51. The number of aryl methyl sites for hydroxylation is 2. The highest BCUT2D eigenvalue weighted by Crippen LogP contribution is 2.30. The highest BCUT2D eigenvalue weighted by atomic mass is 16.5. The molecule has 0 fully saturated rings. The van der Waals surface area contributed by atoms with Crippen molar-refractivity contribution in [1.29, 1.82) is 0 Å². The molecule has 0 aliphatic rings. The van der Waals surface area contributed by atoms with Gasteiger partial charge in [-0.1, -0.05) is 18.1 Å². The van der Waals surface area contributed by atoms with Crippen molar-refractivity contribution in [3.05, 3.63) is 40.8 Å². The zero-order valence-corrected chi connectivity index (χ0v) is 15.5. The van der Waals surface area contributed by atoms with Crippen LogP contribution in [0.1, 0.15) is 48.9 Å². The fourth-order valence-corrected chi connectivity index (χ4v) is 2.58. The van der Waals surface area contributed by atoms with Crippen LogP contribution in [0.3, 0.4) is 0 Å². The molecule has 25 heavy (non-hydrogen) atoms. The van der Waals surface area contributed by atoms with Crippen LogP contribution in [0, 0.1) is 13.8 Å².